The van der Waals surface area contributed by atoms with Crippen LogP contribution in [-0.4, -0.2) is 33.9 Å². The van der Waals surface area contributed by atoms with Gasteiger partial charge in [0.2, 0.25) is 0 Å². The number of fused-ring (bicyclic) bond motifs is 2. The van der Waals surface area contributed by atoms with E-state index in [9.17, 15) is 14.9 Å². The standard InChI is InChI=1S/C16H16N4O3S/c21-15(19-12-7-9-5-6-11(12)18-9)16-17-8-14(24-16)10-3-1-2-4-13(10)20(22)23/h1-4,8-9,11-12,18H,5-7H2,(H,19,21). The number of carbonyl (C=O) groups excluding carboxylic acids is 1. The van der Waals surface area contributed by atoms with Gasteiger partial charge < -0.3 is 10.6 Å². The Morgan fingerprint density at radius 2 is 2.21 bits per heavy atom. The van der Waals surface area contributed by atoms with E-state index in [-0.39, 0.29) is 17.6 Å². The third kappa shape index (κ3) is 2.67. The summed E-state index contributed by atoms with van der Waals surface area (Å²) in [5.41, 5.74) is 0.506. The summed E-state index contributed by atoms with van der Waals surface area (Å²) in [5, 5.41) is 18.0. The van der Waals surface area contributed by atoms with Crippen molar-refractivity contribution < 1.29 is 9.72 Å². The van der Waals surface area contributed by atoms with E-state index in [1.165, 1.54) is 30.0 Å². The molecule has 3 atom stereocenters. The first-order chi connectivity index (χ1) is 11.6. The van der Waals surface area contributed by atoms with Crippen LogP contribution in [-0.2, 0) is 0 Å². The monoisotopic (exact) mass is 344 g/mol. The van der Waals surface area contributed by atoms with Crippen molar-refractivity contribution in [1.82, 2.24) is 15.6 Å². The first kappa shape index (κ1) is 15.2. The van der Waals surface area contributed by atoms with E-state index in [1.54, 1.807) is 18.2 Å². The average Bonchev–Trinajstić information content (AvgIpc) is 3.31. The molecule has 2 aromatic rings. The zero-order valence-corrected chi connectivity index (χ0v) is 13.6. The van der Waals surface area contributed by atoms with Gasteiger partial charge in [0, 0.05) is 30.4 Å². The molecular weight excluding hydrogens is 328 g/mol. The van der Waals surface area contributed by atoms with Crippen molar-refractivity contribution >= 4 is 22.9 Å². The first-order valence-corrected chi connectivity index (χ1v) is 8.70. The minimum Gasteiger partial charge on any atom is -0.346 e. The van der Waals surface area contributed by atoms with Crippen LogP contribution < -0.4 is 10.6 Å². The van der Waals surface area contributed by atoms with Crippen molar-refractivity contribution in [3.05, 3.63) is 45.6 Å². The molecule has 3 unspecified atom stereocenters. The van der Waals surface area contributed by atoms with Crippen LogP contribution in [0.2, 0.25) is 0 Å². The van der Waals surface area contributed by atoms with Gasteiger partial charge in [0.25, 0.3) is 11.6 Å². The number of aromatic nitrogens is 1. The number of nitro groups is 1. The lowest BCUT2D eigenvalue weighted by Gasteiger charge is -2.20. The summed E-state index contributed by atoms with van der Waals surface area (Å²) in [5.74, 6) is -0.204. The molecule has 2 N–H and O–H groups in total. The summed E-state index contributed by atoms with van der Waals surface area (Å²) in [4.78, 5) is 27.9. The van der Waals surface area contributed by atoms with Gasteiger partial charge in [-0.2, -0.15) is 0 Å². The number of rotatable bonds is 4. The van der Waals surface area contributed by atoms with Gasteiger partial charge in [-0.15, -0.1) is 11.3 Å². The Hall–Kier alpha value is -2.32. The molecule has 2 bridgehead atoms. The third-order valence-corrected chi connectivity index (χ3v) is 5.71. The second-order valence-electron chi connectivity index (χ2n) is 6.17. The maximum absolute atomic E-state index is 12.4. The van der Waals surface area contributed by atoms with Crippen molar-refractivity contribution in [2.75, 3.05) is 0 Å². The fraction of sp³-hybridized carbons (Fsp3) is 0.375. The Morgan fingerprint density at radius 3 is 2.92 bits per heavy atom. The molecule has 0 saturated carbocycles. The van der Waals surface area contributed by atoms with Gasteiger partial charge in [0.15, 0.2) is 5.01 Å². The number of carbonyl (C=O) groups is 1. The lowest BCUT2D eigenvalue weighted by atomic mass is 9.95. The van der Waals surface area contributed by atoms with Crippen LogP contribution in [0.3, 0.4) is 0 Å². The number of benzene rings is 1. The summed E-state index contributed by atoms with van der Waals surface area (Å²) < 4.78 is 0. The Kier molecular flexibility index (Phi) is 3.78. The number of thiazole rings is 1. The Labute approximate surface area is 142 Å². The number of nitro benzene ring substituents is 1. The molecule has 4 rings (SSSR count). The number of nitrogens with zero attached hydrogens (tertiary/aromatic N) is 2. The molecule has 124 valence electrons. The van der Waals surface area contributed by atoms with Gasteiger partial charge in [-0.1, -0.05) is 12.1 Å². The van der Waals surface area contributed by atoms with Crippen LogP contribution in [0.5, 0.6) is 0 Å². The molecule has 8 heteroatoms. The highest BCUT2D eigenvalue weighted by atomic mass is 32.1. The quantitative estimate of drug-likeness (QED) is 0.655. The fourth-order valence-electron chi connectivity index (χ4n) is 3.56. The summed E-state index contributed by atoms with van der Waals surface area (Å²) in [6, 6.07) is 7.51. The van der Waals surface area contributed by atoms with Gasteiger partial charge in [0.1, 0.15) is 0 Å². The number of hydrogen-bond donors (Lipinski definition) is 2. The molecule has 0 radical (unpaired) electrons. The molecular formula is C16H16N4O3S. The maximum atomic E-state index is 12.4. The van der Waals surface area contributed by atoms with Gasteiger partial charge in [-0.3, -0.25) is 14.9 Å². The van der Waals surface area contributed by atoms with Crippen molar-refractivity contribution in [2.45, 2.75) is 37.4 Å². The first-order valence-electron chi connectivity index (χ1n) is 7.88. The molecule has 1 aromatic heterocycles. The summed E-state index contributed by atoms with van der Waals surface area (Å²) >= 11 is 1.18. The van der Waals surface area contributed by atoms with Crippen molar-refractivity contribution in [3.8, 4) is 10.4 Å². The molecule has 0 aliphatic carbocycles. The molecule has 2 fully saturated rings. The summed E-state index contributed by atoms with van der Waals surface area (Å²) in [6.07, 6.45) is 4.75. The average molecular weight is 344 g/mol. The molecule has 3 heterocycles. The topological polar surface area (TPSA) is 97.2 Å². The normalized spacial score (nSPS) is 24.9. The minimum absolute atomic E-state index is 0.0189. The fourth-order valence-corrected chi connectivity index (χ4v) is 4.41. The van der Waals surface area contributed by atoms with E-state index >= 15 is 0 Å². The van der Waals surface area contributed by atoms with E-state index in [4.69, 9.17) is 0 Å². The highest BCUT2D eigenvalue weighted by molar-refractivity contribution is 7.17. The molecule has 1 amide bonds. The van der Waals surface area contributed by atoms with Crippen LogP contribution in [0, 0.1) is 10.1 Å². The minimum atomic E-state index is -0.421. The van der Waals surface area contributed by atoms with Gasteiger partial charge in [0.05, 0.1) is 15.4 Å². The van der Waals surface area contributed by atoms with Gasteiger partial charge in [-0.25, -0.2) is 4.98 Å². The van der Waals surface area contributed by atoms with E-state index in [0.717, 1.165) is 12.8 Å². The maximum Gasteiger partial charge on any atom is 0.280 e. The highest BCUT2D eigenvalue weighted by Gasteiger charge is 2.40. The van der Waals surface area contributed by atoms with Crippen LogP contribution in [0.15, 0.2) is 30.5 Å². The molecule has 1 aromatic carbocycles. The Morgan fingerprint density at radius 1 is 1.38 bits per heavy atom. The highest BCUT2D eigenvalue weighted by Crippen LogP contribution is 2.34. The summed E-state index contributed by atoms with van der Waals surface area (Å²) in [7, 11) is 0. The van der Waals surface area contributed by atoms with Crippen molar-refractivity contribution in [1.29, 1.82) is 0 Å². The van der Waals surface area contributed by atoms with E-state index in [1.807, 2.05) is 0 Å². The number of para-hydroxylation sites is 1. The van der Waals surface area contributed by atoms with Gasteiger partial charge in [-0.05, 0) is 25.3 Å². The smallest absolute Gasteiger partial charge is 0.280 e. The third-order valence-electron chi connectivity index (χ3n) is 4.68. The molecule has 0 spiro atoms. The Bertz CT molecular complexity index is 806. The largest absolute Gasteiger partial charge is 0.346 e. The molecule has 2 aliphatic heterocycles. The predicted octanol–water partition coefficient (Wildman–Crippen LogP) is 2.34. The van der Waals surface area contributed by atoms with E-state index in [2.05, 4.69) is 15.6 Å². The number of amides is 1. The SMILES string of the molecule is O=C(NC1CC2CCC1N2)c1ncc(-c2ccccc2[N+](=O)[O-])s1. The van der Waals surface area contributed by atoms with Crippen LogP contribution in [0.1, 0.15) is 29.1 Å². The van der Waals surface area contributed by atoms with Crippen LogP contribution in [0.25, 0.3) is 10.4 Å². The second kappa shape index (κ2) is 5.95. The lowest BCUT2D eigenvalue weighted by molar-refractivity contribution is -0.384. The number of hydrogen-bond acceptors (Lipinski definition) is 6. The Balaban J connectivity index is 1.53. The van der Waals surface area contributed by atoms with Crippen molar-refractivity contribution in [3.63, 3.8) is 0 Å². The molecule has 24 heavy (non-hydrogen) atoms. The number of nitrogens with one attached hydrogen (secondary N) is 2. The van der Waals surface area contributed by atoms with E-state index < -0.39 is 4.92 Å². The van der Waals surface area contributed by atoms with Crippen LogP contribution in [0.4, 0.5) is 5.69 Å². The molecule has 2 saturated heterocycles. The molecule has 7 nitrogen and oxygen atoms in total. The summed E-state index contributed by atoms with van der Waals surface area (Å²) in [6.45, 7) is 0. The van der Waals surface area contributed by atoms with Gasteiger partial charge >= 0.3 is 0 Å². The lowest BCUT2D eigenvalue weighted by Crippen LogP contribution is -2.42. The molecule has 2 aliphatic rings. The van der Waals surface area contributed by atoms with Crippen LogP contribution >= 0.6 is 11.3 Å². The van der Waals surface area contributed by atoms with Crippen molar-refractivity contribution in [2.24, 2.45) is 0 Å². The zero-order valence-electron chi connectivity index (χ0n) is 12.8. The zero-order chi connectivity index (χ0) is 16.7. The second-order valence-corrected chi connectivity index (χ2v) is 7.20. The van der Waals surface area contributed by atoms with E-state index in [0.29, 0.717) is 27.5 Å². The predicted molar refractivity (Wildman–Crippen MR) is 90.0 cm³/mol.